The van der Waals surface area contributed by atoms with Gasteiger partial charge in [0.1, 0.15) is 0 Å². The Labute approximate surface area is 116 Å². The Kier molecular flexibility index (Phi) is 4.63. The van der Waals surface area contributed by atoms with Crippen molar-refractivity contribution in [1.29, 1.82) is 0 Å². The number of aryl methyl sites for hydroxylation is 1. The predicted molar refractivity (Wildman–Crippen MR) is 77.2 cm³/mol. The van der Waals surface area contributed by atoms with Crippen LogP contribution in [0.4, 0.5) is 0 Å². The van der Waals surface area contributed by atoms with Gasteiger partial charge in [-0.2, -0.15) is 5.10 Å². The Morgan fingerprint density at radius 3 is 2.89 bits per heavy atom. The number of hydrogen-bond acceptors (Lipinski definition) is 3. The number of rotatable bonds is 7. The second-order valence-electron chi connectivity index (χ2n) is 5.83. The van der Waals surface area contributed by atoms with Crippen molar-refractivity contribution >= 4 is 0 Å². The second kappa shape index (κ2) is 6.06. The minimum Gasteiger partial charge on any atom is -0.378 e. The zero-order chi connectivity index (χ0) is 13.9. The summed E-state index contributed by atoms with van der Waals surface area (Å²) in [6.07, 6.45) is 6.72. The van der Waals surface area contributed by atoms with Crippen LogP contribution in [0.3, 0.4) is 0 Å². The van der Waals surface area contributed by atoms with Gasteiger partial charge >= 0.3 is 0 Å². The maximum absolute atomic E-state index is 5.82. The van der Waals surface area contributed by atoms with Crippen molar-refractivity contribution in [1.82, 2.24) is 15.1 Å². The van der Waals surface area contributed by atoms with Crippen LogP contribution in [0.5, 0.6) is 0 Å². The standard InChI is InChI=1S/C15H27N3O/c1-5-15(4)13(9-14(15)19-6-2)16-7-8-18-11-12(3)10-17-18/h10-11,13-14,16H,5-9H2,1-4H3. The molecule has 1 aromatic rings. The fourth-order valence-corrected chi connectivity index (χ4v) is 3.01. The molecule has 0 aromatic carbocycles. The molecule has 1 fully saturated rings. The van der Waals surface area contributed by atoms with E-state index in [9.17, 15) is 0 Å². The van der Waals surface area contributed by atoms with Crippen LogP contribution >= 0.6 is 0 Å². The highest BCUT2D eigenvalue weighted by Gasteiger charge is 2.50. The fourth-order valence-electron chi connectivity index (χ4n) is 3.01. The molecule has 0 bridgehead atoms. The first-order valence-electron chi connectivity index (χ1n) is 7.44. The van der Waals surface area contributed by atoms with E-state index in [4.69, 9.17) is 4.74 Å². The molecular weight excluding hydrogens is 238 g/mol. The normalized spacial score (nSPS) is 30.3. The van der Waals surface area contributed by atoms with E-state index < -0.39 is 0 Å². The summed E-state index contributed by atoms with van der Waals surface area (Å²) in [6.45, 7) is 11.5. The molecule has 1 N–H and O–H groups in total. The third-order valence-corrected chi connectivity index (χ3v) is 4.60. The van der Waals surface area contributed by atoms with Crippen molar-refractivity contribution in [2.75, 3.05) is 13.2 Å². The summed E-state index contributed by atoms with van der Waals surface area (Å²) in [7, 11) is 0. The van der Waals surface area contributed by atoms with Crippen LogP contribution in [0.2, 0.25) is 0 Å². The van der Waals surface area contributed by atoms with Gasteiger partial charge in [0.2, 0.25) is 0 Å². The molecule has 1 saturated carbocycles. The summed E-state index contributed by atoms with van der Waals surface area (Å²) in [5.41, 5.74) is 1.51. The van der Waals surface area contributed by atoms with Crippen molar-refractivity contribution < 1.29 is 4.74 Å². The van der Waals surface area contributed by atoms with E-state index in [1.54, 1.807) is 0 Å². The first kappa shape index (κ1) is 14.5. The molecule has 0 radical (unpaired) electrons. The summed E-state index contributed by atoms with van der Waals surface area (Å²) in [5.74, 6) is 0. The average Bonchev–Trinajstić information content (AvgIpc) is 2.81. The molecule has 19 heavy (non-hydrogen) atoms. The summed E-state index contributed by atoms with van der Waals surface area (Å²) < 4.78 is 7.83. The smallest absolute Gasteiger partial charge is 0.0658 e. The van der Waals surface area contributed by atoms with Gasteiger partial charge in [-0.15, -0.1) is 0 Å². The molecule has 1 aromatic heterocycles. The van der Waals surface area contributed by atoms with E-state index in [1.807, 2.05) is 10.9 Å². The van der Waals surface area contributed by atoms with Gasteiger partial charge in [0.15, 0.2) is 0 Å². The van der Waals surface area contributed by atoms with Crippen LogP contribution in [-0.2, 0) is 11.3 Å². The summed E-state index contributed by atoms with van der Waals surface area (Å²) in [4.78, 5) is 0. The van der Waals surface area contributed by atoms with E-state index in [1.165, 1.54) is 5.56 Å². The Hall–Kier alpha value is -0.870. The van der Waals surface area contributed by atoms with Crippen molar-refractivity contribution in [3.8, 4) is 0 Å². The zero-order valence-corrected chi connectivity index (χ0v) is 12.6. The molecule has 4 nitrogen and oxygen atoms in total. The van der Waals surface area contributed by atoms with Crippen LogP contribution in [0.25, 0.3) is 0 Å². The lowest BCUT2D eigenvalue weighted by molar-refractivity contribution is -0.125. The molecule has 0 saturated heterocycles. The first-order chi connectivity index (χ1) is 9.10. The van der Waals surface area contributed by atoms with Crippen LogP contribution in [0.15, 0.2) is 12.4 Å². The SMILES string of the molecule is CCOC1CC(NCCn2cc(C)cn2)C1(C)CC. The Balaban J connectivity index is 1.77. The molecule has 2 rings (SSSR count). The molecule has 0 spiro atoms. The lowest BCUT2D eigenvalue weighted by Gasteiger charge is -2.53. The average molecular weight is 265 g/mol. The molecular formula is C15H27N3O. The maximum atomic E-state index is 5.82. The number of hydrogen-bond donors (Lipinski definition) is 1. The molecule has 0 aliphatic heterocycles. The van der Waals surface area contributed by atoms with E-state index >= 15 is 0 Å². The lowest BCUT2D eigenvalue weighted by Crippen LogP contribution is -2.62. The highest BCUT2D eigenvalue weighted by molar-refractivity contribution is 5.05. The molecule has 3 unspecified atom stereocenters. The van der Waals surface area contributed by atoms with E-state index in [0.29, 0.717) is 12.1 Å². The molecule has 1 aliphatic carbocycles. The first-order valence-corrected chi connectivity index (χ1v) is 7.44. The highest BCUT2D eigenvalue weighted by Crippen LogP contribution is 2.45. The fraction of sp³-hybridized carbons (Fsp3) is 0.800. The van der Waals surface area contributed by atoms with E-state index in [-0.39, 0.29) is 5.41 Å². The lowest BCUT2D eigenvalue weighted by atomic mass is 9.61. The highest BCUT2D eigenvalue weighted by atomic mass is 16.5. The van der Waals surface area contributed by atoms with Crippen LogP contribution in [0.1, 0.15) is 39.2 Å². The predicted octanol–water partition coefficient (Wildman–Crippen LogP) is 2.37. The molecule has 108 valence electrons. The molecule has 4 heteroatoms. The molecule has 1 heterocycles. The van der Waals surface area contributed by atoms with Crippen molar-refractivity contribution in [3.63, 3.8) is 0 Å². The third kappa shape index (κ3) is 3.00. The van der Waals surface area contributed by atoms with Gasteiger partial charge in [-0.1, -0.05) is 13.8 Å². The van der Waals surface area contributed by atoms with Crippen LogP contribution in [0, 0.1) is 12.3 Å². The van der Waals surface area contributed by atoms with Gasteiger partial charge in [0.25, 0.3) is 0 Å². The van der Waals surface area contributed by atoms with Gasteiger partial charge in [-0.25, -0.2) is 0 Å². The van der Waals surface area contributed by atoms with Gasteiger partial charge in [-0.3, -0.25) is 4.68 Å². The van der Waals surface area contributed by atoms with Crippen molar-refractivity contribution in [2.24, 2.45) is 5.41 Å². The minimum absolute atomic E-state index is 0.288. The number of ether oxygens (including phenoxy) is 1. The van der Waals surface area contributed by atoms with Gasteiger partial charge < -0.3 is 10.1 Å². The van der Waals surface area contributed by atoms with Crippen LogP contribution < -0.4 is 5.32 Å². The summed E-state index contributed by atoms with van der Waals surface area (Å²) in [5, 5.41) is 7.98. The zero-order valence-electron chi connectivity index (χ0n) is 12.6. The monoisotopic (exact) mass is 265 g/mol. The number of nitrogens with zero attached hydrogens (tertiary/aromatic N) is 2. The number of nitrogens with one attached hydrogen (secondary N) is 1. The largest absolute Gasteiger partial charge is 0.378 e. The second-order valence-corrected chi connectivity index (χ2v) is 5.83. The van der Waals surface area contributed by atoms with Gasteiger partial charge in [-0.05, 0) is 32.3 Å². The van der Waals surface area contributed by atoms with Crippen molar-refractivity contribution in [2.45, 2.75) is 59.2 Å². The summed E-state index contributed by atoms with van der Waals surface area (Å²) >= 11 is 0. The maximum Gasteiger partial charge on any atom is 0.0658 e. The van der Waals surface area contributed by atoms with Crippen LogP contribution in [-0.4, -0.2) is 35.1 Å². The Bertz CT molecular complexity index is 404. The molecule has 0 amide bonds. The topological polar surface area (TPSA) is 39.1 Å². The number of aromatic nitrogens is 2. The quantitative estimate of drug-likeness (QED) is 0.822. The Morgan fingerprint density at radius 2 is 2.32 bits per heavy atom. The van der Waals surface area contributed by atoms with E-state index in [2.05, 4.69) is 44.3 Å². The van der Waals surface area contributed by atoms with Crippen molar-refractivity contribution in [3.05, 3.63) is 18.0 Å². The summed E-state index contributed by atoms with van der Waals surface area (Å²) in [6, 6.07) is 0.575. The van der Waals surface area contributed by atoms with Gasteiger partial charge in [0, 0.05) is 30.8 Å². The molecule has 3 atom stereocenters. The third-order valence-electron chi connectivity index (χ3n) is 4.60. The Morgan fingerprint density at radius 1 is 1.53 bits per heavy atom. The van der Waals surface area contributed by atoms with E-state index in [0.717, 1.165) is 32.5 Å². The molecule has 1 aliphatic rings. The van der Waals surface area contributed by atoms with Gasteiger partial charge in [0.05, 0.1) is 18.8 Å². The minimum atomic E-state index is 0.288.